The monoisotopic (exact) mass is 210 g/mol. The first-order valence-corrected chi connectivity index (χ1v) is 6.02. The molecule has 0 saturated carbocycles. The Morgan fingerprint density at radius 3 is 1.47 bits per heavy atom. The molecule has 0 aromatic heterocycles. The topological polar surface area (TPSA) is 0 Å². The van der Waals surface area contributed by atoms with E-state index in [1.165, 1.54) is 12.8 Å². The van der Waals surface area contributed by atoms with Crippen molar-refractivity contribution in [2.24, 2.45) is 17.3 Å². The molecule has 0 spiro atoms. The molecule has 15 heavy (non-hydrogen) atoms. The zero-order valence-corrected chi connectivity index (χ0v) is 11.6. The van der Waals surface area contributed by atoms with Crippen LogP contribution in [-0.4, -0.2) is 0 Å². The molecule has 0 rings (SSSR count). The smallest absolute Gasteiger partial charge is 0.0260 e. The number of rotatable bonds is 4. The van der Waals surface area contributed by atoms with Gasteiger partial charge in [0.1, 0.15) is 0 Å². The maximum absolute atomic E-state index is 3.74. The molecule has 90 valence electrons. The van der Waals surface area contributed by atoms with Gasteiger partial charge in [-0.1, -0.05) is 60.1 Å². The van der Waals surface area contributed by atoms with Crippen molar-refractivity contribution in [2.75, 3.05) is 0 Å². The molecular formula is C15H30. The Hall–Kier alpha value is -0.520. The fourth-order valence-electron chi connectivity index (χ4n) is 1.22. The van der Waals surface area contributed by atoms with E-state index in [9.17, 15) is 0 Å². The number of hydrogen-bond donors (Lipinski definition) is 0. The number of allylic oxidation sites excluding steroid dienone is 2. The predicted molar refractivity (Wildman–Crippen MR) is 73.1 cm³/mol. The molecule has 0 saturated heterocycles. The van der Waals surface area contributed by atoms with Crippen LogP contribution in [0.4, 0.5) is 0 Å². The largest absolute Gasteiger partial charge is 0.103 e. The Morgan fingerprint density at radius 2 is 1.40 bits per heavy atom. The van der Waals surface area contributed by atoms with Crippen LogP contribution < -0.4 is 0 Å². The Bertz CT molecular complexity index is 159. The Balaban J connectivity index is 0. The van der Waals surface area contributed by atoms with E-state index in [4.69, 9.17) is 0 Å². The number of hydrogen-bond acceptors (Lipinski definition) is 0. The van der Waals surface area contributed by atoms with Gasteiger partial charge >= 0.3 is 0 Å². The summed E-state index contributed by atoms with van der Waals surface area (Å²) in [4.78, 5) is 0. The summed E-state index contributed by atoms with van der Waals surface area (Å²) in [5.74, 6) is 1.36. The maximum Gasteiger partial charge on any atom is -0.0260 e. The molecule has 2 atom stereocenters. The van der Waals surface area contributed by atoms with Gasteiger partial charge in [-0.05, 0) is 23.7 Å². The standard InChI is InChI=1S/C9H18.C6H12/c1-6-8(2)7-9(3,4)5;1-4-6(3)5-2/h6,8H,1,7H2,2-5H3;4,6H,1,5H2,2-3H3. The van der Waals surface area contributed by atoms with Crippen LogP contribution in [-0.2, 0) is 0 Å². The highest BCUT2D eigenvalue weighted by Crippen LogP contribution is 2.24. The quantitative estimate of drug-likeness (QED) is 0.540. The second-order valence-electron chi connectivity index (χ2n) is 5.60. The average molecular weight is 210 g/mol. The van der Waals surface area contributed by atoms with Gasteiger partial charge in [-0.25, -0.2) is 0 Å². The lowest BCUT2D eigenvalue weighted by Gasteiger charge is -2.20. The fraction of sp³-hybridized carbons (Fsp3) is 0.733. The lowest BCUT2D eigenvalue weighted by molar-refractivity contribution is 0.337. The van der Waals surface area contributed by atoms with Crippen LogP contribution in [0.5, 0.6) is 0 Å². The molecule has 0 N–H and O–H groups in total. The Kier molecular flexibility index (Phi) is 9.87. The van der Waals surface area contributed by atoms with Gasteiger partial charge in [-0.2, -0.15) is 0 Å². The van der Waals surface area contributed by atoms with Crippen molar-refractivity contribution in [1.29, 1.82) is 0 Å². The van der Waals surface area contributed by atoms with E-state index in [2.05, 4.69) is 54.7 Å². The minimum atomic E-state index is 0.452. The summed E-state index contributed by atoms with van der Waals surface area (Å²) in [6, 6.07) is 0. The maximum atomic E-state index is 3.74. The van der Waals surface area contributed by atoms with Gasteiger partial charge in [0.2, 0.25) is 0 Å². The van der Waals surface area contributed by atoms with Crippen molar-refractivity contribution in [2.45, 2.75) is 54.4 Å². The van der Waals surface area contributed by atoms with E-state index >= 15 is 0 Å². The summed E-state index contributed by atoms with van der Waals surface area (Å²) in [7, 11) is 0. The minimum absolute atomic E-state index is 0.452. The van der Waals surface area contributed by atoms with E-state index in [-0.39, 0.29) is 0 Å². The fourth-order valence-corrected chi connectivity index (χ4v) is 1.22. The molecule has 0 heterocycles. The van der Waals surface area contributed by atoms with Crippen molar-refractivity contribution in [3.63, 3.8) is 0 Å². The van der Waals surface area contributed by atoms with Crippen molar-refractivity contribution in [3.8, 4) is 0 Å². The van der Waals surface area contributed by atoms with Crippen LogP contribution in [0, 0.1) is 17.3 Å². The van der Waals surface area contributed by atoms with Crippen molar-refractivity contribution >= 4 is 0 Å². The van der Waals surface area contributed by atoms with Crippen LogP contribution in [0.25, 0.3) is 0 Å². The second kappa shape index (κ2) is 8.76. The van der Waals surface area contributed by atoms with Crippen molar-refractivity contribution in [3.05, 3.63) is 25.3 Å². The highest BCUT2D eigenvalue weighted by atomic mass is 14.2. The van der Waals surface area contributed by atoms with Gasteiger partial charge in [0.25, 0.3) is 0 Å². The van der Waals surface area contributed by atoms with Crippen LogP contribution in [0.3, 0.4) is 0 Å². The van der Waals surface area contributed by atoms with E-state index in [1.54, 1.807) is 0 Å². The van der Waals surface area contributed by atoms with Crippen LogP contribution >= 0.6 is 0 Å². The Labute approximate surface area is 97.5 Å². The summed E-state index contributed by atoms with van der Waals surface area (Å²) in [6.07, 6.45) is 6.44. The molecule has 0 amide bonds. The molecule has 0 bridgehead atoms. The molecule has 0 aliphatic heterocycles. The molecule has 0 aromatic rings. The molecule has 0 aliphatic rings. The highest BCUT2D eigenvalue weighted by Gasteiger charge is 2.12. The first-order chi connectivity index (χ1) is 6.76. The summed E-state index contributed by atoms with van der Waals surface area (Å²) in [6.45, 7) is 20.7. The minimum Gasteiger partial charge on any atom is -0.103 e. The SMILES string of the molecule is C=CC(C)CC.C=CC(C)CC(C)(C)C. The summed E-state index contributed by atoms with van der Waals surface area (Å²) >= 11 is 0. The first-order valence-electron chi connectivity index (χ1n) is 6.02. The summed E-state index contributed by atoms with van der Waals surface area (Å²) in [5.41, 5.74) is 0.452. The van der Waals surface area contributed by atoms with Crippen molar-refractivity contribution < 1.29 is 0 Å². The van der Waals surface area contributed by atoms with Crippen molar-refractivity contribution in [1.82, 2.24) is 0 Å². The van der Waals surface area contributed by atoms with Gasteiger partial charge in [0, 0.05) is 0 Å². The molecule has 0 aliphatic carbocycles. The lowest BCUT2D eigenvalue weighted by Crippen LogP contribution is -2.08. The van der Waals surface area contributed by atoms with E-state index < -0.39 is 0 Å². The molecule has 0 radical (unpaired) electrons. The van der Waals surface area contributed by atoms with E-state index in [0.717, 1.165) is 0 Å². The molecule has 0 nitrogen and oxygen atoms in total. The average Bonchev–Trinajstić information content (AvgIpc) is 2.15. The summed E-state index contributed by atoms with van der Waals surface area (Å²) in [5, 5.41) is 0. The van der Waals surface area contributed by atoms with Gasteiger partial charge in [-0.3, -0.25) is 0 Å². The first kappa shape index (κ1) is 16.9. The van der Waals surface area contributed by atoms with Gasteiger partial charge in [0.15, 0.2) is 0 Å². The lowest BCUT2D eigenvalue weighted by atomic mass is 9.86. The predicted octanol–water partition coefficient (Wildman–Crippen LogP) is 5.46. The van der Waals surface area contributed by atoms with E-state index in [0.29, 0.717) is 17.3 Å². The van der Waals surface area contributed by atoms with Gasteiger partial charge < -0.3 is 0 Å². The third kappa shape index (κ3) is 16.2. The second-order valence-corrected chi connectivity index (χ2v) is 5.60. The normalized spacial score (nSPS) is 14.5. The molecule has 0 fully saturated rings. The highest BCUT2D eigenvalue weighted by molar-refractivity contribution is 4.79. The molecule has 2 unspecified atom stereocenters. The molecule has 0 heteroatoms. The third-order valence-corrected chi connectivity index (χ3v) is 2.38. The van der Waals surface area contributed by atoms with Gasteiger partial charge in [0.05, 0.1) is 0 Å². The van der Waals surface area contributed by atoms with Crippen LogP contribution in [0.15, 0.2) is 25.3 Å². The third-order valence-electron chi connectivity index (χ3n) is 2.38. The zero-order chi connectivity index (χ0) is 12.5. The zero-order valence-electron chi connectivity index (χ0n) is 11.6. The van der Waals surface area contributed by atoms with Crippen LogP contribution in [0.1, 0.15) is 54.4 Å². The Morgan fingerprint density at radius 1 is 1.00 bits per heavy atom. The van der Waals surface area contributed by atoms with Gasteiger partial charge in [-0.15, -0.1) is 13.2 Å². The van der Waals surface area contributed by atoms with E-state index in [1.807, 2.05) is 12.2 Å². The van der Waals surface area contributed by atoms with Crippen LogP contribution in [0.2, 0.25) is 0 Å². The summed E-state index contributed by atoms with van der Waals surface area (Å²) < 4.78 is 0. The molecular weight excluding hydrogens is 180 g/mol. The molecule has 0 aromatic carbocycles.